The molecule has 0 spiro atoms. The van der Waals surface area contributed by atoms with E-state index < -0.39 is 0 Å². The van der Waals surface area contributed by atoms with Crippen LogP contribution in [0.1, 0.15) is 12.0 Å². The van der Waals surface area contributed by atoms with Gasteiger partial charge < -0.3 is 19.5 Å². The Kier molecular flexibility index (Phi) is 5.75. The Labute approximate surface area is 153 Å². The van der Waals surface area contributed by atoms with E-state index in [4.69, 9.17) is 14.2 Å². The van der Waals surface area contributed by atoms with E-state index in [0.29, 0.717) is 46.9 Å². The molecule has 1 heterocycles. The zero-order chi connectivity index (χ0) is 17.6. The maximum Gasteiger partial charge on any atom is 0.231 e. The first-order valence-electron chi connectivity index (χ1n) is 7.85. The molecule has 7 heteroatoms. The first-order valence-corrected chi connectivity index (χ1v) is 8.64. The first-order chi connectivity index (χ1) is 12.1. The quantitative estimate of drug-likeness (QED) is 0.711. The highest BCUT2D eigenvalue weighted by molar-refractivity contribution is 9.10. The van der Waals surface area contributed by atoms with Gasteiger partial charge in [-0.25, -0.2) is 4.39 Å². The molecule has 1 amide bonds. The number of halogens is 2. The van der Waals surface area contributed by atoms with Crippen LogP contribution in [0.15, 0.2) is 40.9 Å². The van der Waals surface area contributed by atoms with Crippen LogP contribution < -0.4 is 19.5 Å². The topological polar surface area (TPSA) is 56.8 Å². The number of rotatable bonds is 7. The molecule has 0 unspecified atom stereocenters. The van der Waals surface area contributed by atoms with Gasteiger partial charge in [0.05, 0.1) is 6.54 Å². The van der Waals surface area contributed by atoms with E-state index >= 15 is 0 Å². The molecule has 0 fully saturated rings. The summed E-state index contributed by atoms with van der Waals surface area (Å²) < 4.78 is 30.4. The largest absolute Gasteiger partial charge is 0.492 e. The fourth-order valence-electron chi connectivity index (χ4n) is 2.39. The number of ether oxygens (including phenoxy) is 3. The van der Waals surface area contributed by atoms with Crippen molar-refractivity contribution in [2.75, 3.05) is 19.9 Å². The van der Waals surface area contributed by atoms with Crippen LogP contribution in [-0.4, -0.2) is 25.9 Å². The summed E-state index contributed by atoms with van der Waals surface area (Å²) in [6.07, 6.45) is 0.580. The molecule has 2 aromatic rings. The highest BCUT2D eigenvalue weighted by Gasteiger charge is 2.13. The van der Waals surface area contributed by atoms with Gasteiger partial charge in [-0.15, -0.1) is 0 Å². The highest BCUT2D eigenvalue weighted by Crippen LogP contribution is 2.34. The Balaban J connectivity index is 1.36. The van der Waals surface area contributed by atoms with E-state index in [1.165, 1.54) is 6.07 Å². The summed E-state index contributed by atoms with van der Waals surface area (Å²) in [5.41, 5.74) is 0.523. The van der Waals surface area contributed by atoms with Gasteiger partial charge in [0.1, 0.15) is 18.2 Å². The van der Waals surface area contributed by atoms with Crippen molar-refractivity contribution < 1.29 is 23.4 Å². The molecule has 3 rings (SSSR count). The fraction of sp³-hybridized carbons (Fsp3) is 0.278. The van der Waals surface area contributed by atoms with Gasteiger partial charge in [0.25, 0.3) is 0 Å². The lowest BCUT2D eigenvalue weighted by Crippen LogP contribution is -2.28. The predicted octanol–water partition coefficient (Wildman–Crippen LogP) is 3.44. The third-order valence-corrected chi connectivity index (χ3v) is 4.17. The zero-order valence-corrected chi connectivity index (χ0v) is 15.0. The van der Waals surface area contributed by atoms with E-state index in [9.17, 15) is 9.18 Å². The van der Waals surface area contributed by atoms with Crippen LogP contribution in [0.5, 0.6) is 17.2 Å². The van der Waals surface area contributed by atoms with Crippen molar-refractivity contribution in [3.05, 3.63) is 52.3 Å². The molecule has 0 saturated carbocycles. The molecule has 1 aliphatic heterocycles. The zero-order valence-electron chi connectivity index (χ0n) is 13.4. The molecule has 0 aromatic heterocycles. The third kappa shape index (κ3) is 4.85. The van der Waals surface area contributed by atoms with Crippen molar-refractivity contribution in [3.8, 4) is 17.2 Å². The van der Waals surface area contributed by atoms with Gasteiger partial charge >= 0.3 is 0 Å². The lowest BCUT2D eigenvalue weighted by Gasteiger charge is -2.09. The minimum Gasteiger partial charge on any atom is -0.492 e. The smallest absolute Gasteiger partial charge is 0.231 e. The fourth-order valence-corrected chi connectivity index (χ4v) is 2.72. The van der Waals surface area contributed by atoms with Crippen LogP contribution in [0.25, 0.3) is 0 Å². The van der Waals surface area contributed by atoms with Gasteiger partial charge in [0.2, 0.25) is 12.7 Å². The minimum atomic E-state index is -0.312. The van der Waals surface area contributed by atoms with Gasteiger partial charge in [0.15, 0.2) is 11.5 Å². The molecule has 132 valence electrons. The lowest BCUT2D eigenvalue weighted by atomic mass is 10.1. The van der Waals surface area contributed by atoms with Gasteiger partial charge in [-0.3, -0.25) is 4.79 Å². The molecule has 0 aliphatic carbocycles. The maximum absolute atomic E-state index is 13.7. The molecular formula is C18H17BrFNO4. The average Bonchev–Trinajstić information content (AvgIpc) is 3.05. The molecule has 0 saturated heterocycles. The average molecular weight is 410 g/mol. The second-order valence-corrected chi connectivity index (χ2v) is 6.36. The number of hydrogen-bond acceptors (Lipinski definition) is 4. The van der Waals surface area contributed by atoms with E-state index in [0.717, 1.165) is 0 Å². The monoisotopic (exact) mass is 409 g/mol. The Bertz CT molecular complexity index is 769. The van der Waals surface area contributed by atoms with Crippen LogP contribution in [0.4, 0.5) is 4.39 Å². The van der Waals surface area contributed by atoms with Crippen LogP contribution in [-0.2, 0) is 11.2 Å². The summed E-state index contributed by atoms with van der Waals surface area (Å²) in [5.74, 6) is 1.54. The van der Waals surface area contributed by atoms with Crippen LogP contribution in [0.3, 0.4) is 0 Å². The van der Waals surface area contributed by atoms with E-state index in [1.54, 1.807) is 30.3 Å². The molecule has 1 aliphatic rings. The van der Waals surface area contributed by atoms with Gasteiger partial charge in [-0.05, 0) is 36.2 Å². The number of hydrogen-bond donors (Lipinski definition) is 1. The second kappa shape index (κ2) is 8.20. The molecule has 1 N–H and O–H groups in total. The van der Waals surface area contributed by atoms with Crippen molar-refractivity contribution in [2.24, 2.45) is 0 Å². The minimum absolute atomic E-state index is 0.142. The molecule has 0 radical (unpaired) electrons. The van der Waals surface area contributed by atoms with Gasteiger partial charge in [-0.2, -0.15) is 0 Å². The number of fused-ring (bicyclic) bond motifs is 1. The lowest BCUT2D eigenvalue weighted by molar-refractivity contribution is -0.121. The van der Waals surface area contributed by atoms with Crippen molar-refractivity contribution >= 4 is 21.8 Å². The number of carbonyl (C=O) groups is 1. The van der Waals surface area contributed by atoms with Crippen molar-refractivity contribution in [3.63, 3.8) is 0 Å². The number of nitrogens with one attached hydrogen (secondary N) is 1. The normalized spacial score (nSPS) is 12.1. The van der Waals surface area contributed by atoms with Crippen LogP contribution in [0, 0.1) is 5.82 Å². The Morgan fingerprint density at radius 1 is 1.20 bits per heavy atom. The number of benzene rings is 2. The van der Waals surface area contributed by atoms with E-state index in [2.05, 4.69) is 21.2 Å². The summed E-state index contributed by atoms with van der Waals surface area (Å²) in [7, 11) is 0. The van der Waals surface area contributed by atoms with Gasteiger partial charge in [-0.1, -0.05) is 22.0 Å². The summed E-state index contributed by atoms with van der Waals surface area (Å²) >= 11 is 3.21. The van der Waals surface area contributed by atoms with Crippen molar-refractivity contribution in [2.45, 2.75) is 12.8 Å². The van der Waals surface area contributed by atoms with E-state index in [1.807, 2.05) is 0 Å². The predicted molar refractivity (Wildman–Crippen MR) is 93.5 cm³/mol. The van der Waals surface area contributed by atoms with Crippen molar-refractivity contribution in [1.29, 1.82) is 0 Å². The summed E-state index contributed by atoms with van der Waals surface area (Å²) in [5, 5.41) is 2.75. The molecule has 2 aromatic carbocycles. The Hall–Kier alpha value is -2.28. The SMILES string of the molecule is O=C(CCc1ccc(Br)cc1F)NCCOc1ccc2c(c1)OCO2. The number of carbonyl (C=O) groups excluding carboxylic acids is 1. The summed E-state index contributed by atoms with van der Waals surface area (Å²) in [6, 6.07) is 10.1. The Morgan fingerprint density at radius 2 is 2.04 bits per heavy atom. The van der Waals surface area contributed by atoms with Crippen molar-refractivity contribution in [1.82, 2.24) is 5.32 Å². The molecular weight excluding hydrogens is 393 g/mol. The molecule has 0 bridgehead atoms. The maximum atomic E-state index is 13.7. The number of aryl methyl sites for hydroxylation is 1. The molecule has 25 heavy (non-hydrogen) atoms. The third-order valence-electron chi connectivity index (χ3n) is 3.67. The van der Waals surface area contributed by atoms with Gasteiger partial charge in [0, 0.05) is 17.0 Å². The number of amides is 1. The molecule has 0 atom stereocenters. The second-order valence-electron chi connectivity index (χ2n) is 5.45. The Morgan fingerprint density at radius 3 is 2.88 bits per heavy atom. The summed E-state index contributed by atoms with van der Waals surface area (Å²) in [6.45, 7) is 0.919. The first kappa shape index (κ1) is 17.5. The van der Waals surface area contributed by atoms with Crippen LogP contribution in [0.2, 0.25) is 0 Å². The summed E-state index contributed by atoms with van der Waals surface area (Å²) in [4.78, 5) is 11.8. The van der Waals surface area contributed by atoms with E-state index in [-0.39, 0.29) is 24.9 Å². The molecule has 5 nitrogen and oxygen atoms in total. The highest BCUT2D eigenvalue weighted by atomic mass is 79.9. The standard InChI is InChI=1S/C18H17BrFNO4/c19-13-3-1-12(15(20)9-13)2-6-18(22)21-7-8-23-14-4-5-16-17(10-14)25-11-24-16/h1,3-5,9-10H,2,6-8,11H2,(H,21,22). The van der Waals surface area contributed by atoms with Crippen LogP contribution >= 0.6 is 15.9 Å².